The number of allylic oxidation sites excluding steroid dienone is 1. The quantitative estimate of drug-likeness (QED) is 0.310. The molecule has 6 rings (SSSR count). The molecule has 2 aliphatic heterocycles. The molecule has 5 atom stereocenters. The van der Waals surface area contributed by atoms with E-state index >= 15 is 0 Å². The van der Waals surface area contributed by atoms with Gasteiger partial charge in [0, 0.05) is 42.4 Å². The standard InChI is InChI=1S/C37H45N7O7/c1-36(2,3)51-35(49)39-28-13-9-7-5-6-8-12-25-20-37(25,34(47)48)40-32(45)29-19-26(22-43(29)33(28)46)44-41-30(23-14-16-27(50-4)17-15-23)31(42-44)24-11-10-18-38-21-24/h8,10-12,14-18,21,25-26,28-29H,5-7,9,13,19-20,22H2,1-4H3,(H,39,49)(H,40,45)(H,47,48)/t25-,26+,28+,29+,37-/m1/s1. The molecule has 3 aliphatic rings. The number of methoxy groups -OCH3 is 1. The summed E-state index contributed by atoms with van der Waals surface area (Å²) in [4.78, 5) is 61.3. The van der Waals surface area contributed by atoms with Gasteiger partial charge in [0.05, 0.1) is 13.2 Å². The highest BCUT2D eigenvalue weighted by molar-refractivity contribution is 5.96. The van der Waals surface area contributed by atoms with Gasteiger partial charge in [0.25, 0.3) is 0 Å². The Balaban J connectivity index is 1.37. The molecule has 3 amide bonds. The first-order valence-corrected chi connectivity index (χ1v) is 17.4. The highest BCUT2D eigenvalue weighted by atomic mass is 16.6. The van der Waals surface area contributed by atoms with Crippen molar-refractivity contribution >= 4 is 23.9 Å². The largest absolute Gasteiger partial charge is 0.497 e. The summed E-state index contributed by atoms with van der Waals surface area (Å²) in [7, 11) is 1.59. The summed E-state index contributed by atoms with van der Waals surface area (Å²) in [6.45, 7) is 5.27. The second kappa shape index (κ2) is 14.5. The van der Waals surface area contributed by atoms with E-state index in [1.807, 2.05) is 42.5 Å². The predicted molar refractivity (Wildman–Crippen MR) is 186 cm³/mol. The third-order valence-electron chi connectivity index (χ3n) is 9.58. The number of rotatable bonds is 6. The van der Waals surface area contributed by atoms with Gasteiger partial charge < -0.3 is 30.1 Å². The molecule has 1 aromatic carbocycles. The lowest BCUT2D eigenvalue weighted by Crippen LogP contribution is -2.56. The summed E-state index contributed by atoms with van der Waals surface area (Å²) in [5, 5.41) is 25.6. The van der Waals surface area contributed by atoms with Crippen LogP contribution in [0.1, 0.15) is 71.8 Å². The molecule has 4 heterocycles. The average Bonchev–Trinajstić information content (AvgIpc) is 3.40. The number of aromatic nitrogens is 4. The van der Waals surface area contributed by atoms with Gasteiger partial charge in [-0.05, 0) is 82.9 Å². The van der Waals surface area contributed by atoms with Crippen LogP contribution in [0.25, 0.3) is 22.5 Å². The molecule has 0 radical (unpaired) electrons. The summed E-state index contributed by atoms with van der Waals surface area (Å²) in [5.74, 6) is -1.83. The van der Waals surface area contributed by atoms with Gasteiger partial charge in [0.1, 0.15) is 40.4 Å². The molecule has 14 heteroatoms. The fourth-order valence-electron chi connectivity index (χ4n) is 6.82. The number of carbonyl (C=O) groups is 4. The van der Waals surface area contributed by atoms with Crippen LogP contribution in [0, 0.1) is 5.92 Å². The van der Waals surface area contributed by atoms with E-state index in [-0.39, 0.29) is 25.3 Å². The Hall–Kier alpha value is -5.27. The van der Waals surface area contributed by atoms with E-state index in [4.69, 9.17) is 19.7 Å². The van der Waals surface area contributed by atoms with E-state index in [9.17, 15) is 24.3 Å². The van der Waals surface area contributed by atoms with Crippen LogP contribution < -0.4 is 15.4 Å². The van der Waals surface area contributed by atoms with Crippen LogP contribution in [0.3, 0.4) is 0 Å². The van der Waals surface area contributed by atoms with Crippen LogP contribution >= 0.6 is 0 Å². The Labute approximate surface area is 296 Å². The second-order valence-electron chi connectivity index (χ2n) is 14.4. The number of fused-ring (bicyclic) bond motifs is 2. The zero-order valence-corrected chi connectivity index (χ0v) is 29.4. The summed E-state index contributed by atoms with van der Waals surface area (Å²) < 4.78 is 10.8. The second-order valence-corrected chi connectivity index (χ2v) is 14.4. The van der Waals surface area contributed by atoms with Crippen molar-refractivity contribution in [2.24, 2.45) is 5.92 Å². The molecule has 270 valence electrons. The topological polar surface area (TPSA) is 178 Å². The van der Waals surface area contributed by atoms with Crippen molar-refractivity contribution in [3.8, 4) is 28.3 Å². The van der Waals surface area contributed by atoms with Crippen molar-refractivity contribution in [2.75, 3.05) is 13.7 Å². The number of carboxylic acids is 1. The molecule has 3 N–H and O–H groups in total. The first kappa shape index (κ1) is 35.6. The number of carbonyl (C=O) groups excluding carboxylic acids is 3. The fourth-order valence-corrected chi connectivity index (χ4v) is 6.82. The van der Waals surface area contributed by atoms with Crippen molar-refractivity contribution in [3.63, 3.8) is 0 Å². The molecule has 14 nitrogen and oxygen atoms in total. The lowest BCUT2D eigenvalue weighted by Gasteiger charge is -2.30. The highest BCUT2D eigenvalue weighted by Crippen LogP contribution is 2.45. The molecule has 1 aliphatic carbocycles. The van der Waals surface area contributed by atoms with E-state index in [0.717, 1.165) is 30.4 Å². The number of nitrogens with zero attached hydrogens (tertiary/aromatic N) is 5. The summed E-state index contributed by atoms with van der Waals surface area (Å²) in [6.07, 6.45) is 10.2. The minimum Gasteiger partial charge on any atom is -0.497 e. The Morgan fingerprint density at radius 2 is 1.78 bits per heavy atom. The van der Waals surface area contributed by atoms with E-state index < -0.39 is 53.1 Å². The molecular formula is C37H45N7O7. The van der Waals surface area contributed by atoms with Gasteiger partial charge in [0.2, 0.25) is 11.8 Å². The normalized spacial score (nSPS) is 25.5. The maximum absolute atomic E-state index is 14.4. The summed E-state index contributed by atoms with van der Waals surface area (Å²) in [5.41, 5.74) is 0.414. The Morgan fingerprint density at radius 3 is 2.45 bits per heavy atom. The van der Waals surface area contributed by atoms with Crippen LogP contribution in [-0.4, -0.2) is 90.7 Å². The number of alkyl carbamates (subject to hydrolysis) is 1. The molecular weight excluding hydrogens is 654 g/mol. The monoisotopic (exact) mass is 699 g/mol. The van der Waals surface area contributed by atoms with Crippen molar-refractivity contribution < 1.29 is 33.8 Å². The Bertz CT molecular complexity index is 1790. The molecule has 1 saturated carbocycles. The van der Waals surface area contributed by atoms with E-state index in [2.05, 4.69) is 15.6 Å². The van der Waals surface area contributed by atoms with E-state index in [0.29, 0.717) is 30.0 Å². The van der Waals surface area contributed by atoms with Crippen molar-refractivity contribution in [2.45, 2.75) is 95.0 Å². The van der Waals surface area contributed by atoms with E-state index in [1.165, 1.54) is 9.70 Å². The average molecular weight is 700 g/mol. The molecule has 0 unspecified atom stereocenters. The number of benzene rings is 1. The number of carboxylic acid groups (broad SMARTS) is 1. The molecule has 3 aromatic rings. The first-order chi connectivity index (χ1) is 24.4. The van der Waals surface area contributed by atoms with Gasteiger partial charge in [-0.15, -0.1) is 0 Å². The molecule has 0 bridgehead atoms. The fraction of sp³-hybridized carbons (Fsp3) is 0.486. The number of amides is 3. The number of aliphatic carboxylic acids is 1. The lowest BCUT2D eigenvalue weighted by molar-refractivity contribution is -0.145. The molecule has 0 spiro atoms. The van der Waals surface area contributed by atoms with Gasteiger partial charge in [-0.25, -0.2) is 9.59 Å². The lowest BCUT2D eigenvalue weighted by atomic mass is 10.0. The Morgan fingerprint density at radius 1 is 1.04 bits per heavy atom. The molecule has 1 saturated heterocycles. The SMILES string of the molecule is COc1ccc(-c2nn([C@H]3C[C@H]4C(=O)N[C@]5(C(=O)O)C[C@H]5C=CCCCCC[C@H](NC(=O)OC(C)(C)C)C(=O)N4C3)nc2-c2cccnc2)cc1. The predicted octanol–water partition coefficient (Wildman–Crippen LogP) is 4.53. The van der Waals surface area contributed by atoms with Gasteiger partial charge in [-0.1, -0.05) is 25.0 Å². The molecule has 2 aromatic heterocycles. The van der Waals surface area contributed by atoms with E-state index in [1.54, 1.807) is 46.3 Å². The first-order valence-electron chi connectivity index (χ1n) is 17.4. The molecule has 2 fully saturated rings. The minimum atomic E-state index is -1.45. The maximum atomic E-state index is 14.4. The molecule has 51 heavy (non-hydrogen) atoms. The number of ether oxygens (including phenoxy) is 2. The number of nitrogens with one attached hydrogen (secondary N) is 2. The third-order valence-corrected chi connectivity index (χ3v) is 9.58. The highest BCUT2D eigenvalue weighted by Gasteiger charge is 2.61. The Kier molecular flexibility index (Phi) is 10.1. The van der Waals surface area contributed by atoms with Crippen LogP contribution in [-0.2, 0) is 19.1 Å². The maximum Gasteiger partial charge on any atom is 0.408 e. The van der Waals surface area contributed by atoms with Crippen LogP contribution in [0.5, 0.6) is 5.75 Å². The summed E-state index contributed by atoms with van der Waals surface area (Å²) >= 11 is 0. The van der Waals surface area contributed by atoms with Crippen molar-refractivity contribution in [1.29, 1.82) is 0 Å². The van der Waals surface area contributed by atoms with Gasteiger partial charge in [0.15, 0.2) is 0 Å². The number of hydrogen-bond acceptors (Lipinski definition) is 9. The van der Waals surface area contributed by atoms with Crippen LogP contribution in [0.4, 0.5) is 4.79 Å². The van der Waals surface area contributed by atoms with Crippen molar-refractivity contribution in [1.82, 2.24) is 35.5 Å². The minimum absolute atomic E-state index is 0.0516. The zero-order chi connectivity index (χ0) is 36.3. The smallest absolute Gasteiger partial charge is 0.408 e. The third kappa shape index (κ3) is 7.89. The number of pyridine rings is 1. The van der Waals surface area contributed by atoms with Crippen molar-refractivity contribution in [3.05, 3.63) is 60.9 Å². The van der Waals surface area contributed by atoms with Gasteiger partial charge >= 0.3 is 12.1 Å². The number of hydrogen-bond donors (Lipinski definition) is 3. The van der Waals surface area contributed by atoms with Gasteiger partial charge in [-0.3, -0.25) is 14.6 Å². The van der Waals surface area contributed by atoms with Gasteiger partial charge in [-0.2, -0.15) is 15.0 Å². The van der Waals surface area contributed by atoms with Crippen LogP contribution in [0.15, 0.2) is 60.9 Å². The summed E-state index contributed by atoms with van der Waals surface area (Å²) in [6, 6.07) is 8.52. The zero-order valence-electron chi connectivity index (χ0n) is 29.4. The van der Waals surface area contributed by atoms with Crippen LogP contribution in [0.2, 0.25) is 0 Å².